The summed E-state index contributed by atoms with van der Waals surface area (Å²) in [6.45, 7) is 5.73. The fraction of sp³-hybridized carbons (Fsp3) is 0.333. The van der Waals surface area contributed by atoms with Gasteiger partial charge in [-0.3, -0.25) is 4.90 Å². The molecular weight excluding hydrogens is 282 g/mol. The second-order valence-electron chi connectivity index (χ2n) is 6.22. The van der Waals surface area contributed by atoms with Crippen LogP contribution in [0.3, 0.4) is 0 Å². The summed E-state index contributed by atoms with van der Waals surface area (Å²) < 4.78 is 0. The van der Waals surface area contributed by atoms with Crippen molar-refractivity contribution < 1.29 is 5.11 Å². The van der Waals surface area contributed by atoms with E-state index in [-0.39, 0.29) is 12.0 Å². The molecule has 23 heavy (non-hydrogen) atoms. The Bertz CT molecular complexity index is 574. The largest absolute Gasteiger partial charge is 0.379 e. The normalized spacial score (nSPS) is 13.7. The molecule has 0 saturated heterocycles. The third-order valence-electron chi connectivity index (χ3n) is 4.06. The monoisotopic (exact) mass is 307 g/mol. The summed E-state index contributed by atoms with van der Waals surface area (Å²) in [6.07, 6.45) is 4.73. The quantitative estimate of drug-likeness (QED) is 0.788. The summed E-state index contributed by atoms with van der Waals surface area (Å²) in [5.41, 5.74) is 2.44. The molecule has 1 N–H and O–H groups in total. The molecule has 2 heteroatoms. The first-order valence-electron chi connectivity index (χ1n) is 8.08. The molecule has 2 nitrogen and oxygen atoms in total. The van der Waals surface area contributed by atoms with Crippen LogP contribution in [0, 0.1) is 18.3 Å². The molecule has 2 aromatic rings. The summed E-state index contributed by atoms with van der Waals surface area (Å²) in [5.74, 6) is 2.77. The molecule has 0 aliphatic carbocycles. The van der Waals surface area contributed by atoms with Gasteiger partial charge in [-0.05, 0) is 17.0 Å². The van der Waals surface area contributed by atoms with Crippen LogP contribution >= 0.6 is 0 Å². The highest BCUT2D eigenvalue weighted by Crippen LogP contribution is 2.21. The number of hydrogen-bond donors (Lipinski definition) is 1. The molecule has 0 amide bonds. The minimum atomic E-state index is -0.776. The van der Waals surface area contributed by atoms with Gasteiger partial charge in [0.2, 0.25) is 0 Å². The van der Waals surface area contributed by atoms with Gasteiger partial charge in [-0.1, -0.05) is 80.4 Å². The van der Waals surface area contributed by atoms with Crippen molar-refractivity contribution in [1.82, 2.24) is 4.90 Å². The van der Waals surface area contributed by atoms with E-state index in [0.717, 1.165) is 13.1 Å². The standard InChI is InChI=1S/C21H25NO/c1-4-20(23)21(17(2)3)22(15-18-11-7-5-8-12-18)16-19-13-9-6-10-14-19/h1,5-14,17,20-21,23H,15-16H2,2-3H3/t20-,21+/m1/s1. The van der Waals surface area contributed by atoms with Crippen molar-refractivity contribution in [3.8, 4) is 12.3 Å². The van der Waals surface area contributed by atoms with E-state index in [4.69, 9.17) is 6.42 Å². The lowest BCUT2D eigenvalue weighted by atomic mass is 9.95. The first kappa shape index (κ1) is 17.3. The topological polar surface area (TPSA) is 23.5 Å². The lowest BCUT2D eigenvalue weighted by molar-refractivity contribution is 0.0445. The SMILES string of the molecule is C#C[C@@H](O)[C@H](C(C)C)N(Cc1ccccc1)Cc1ccccc1. The Morgan fingerprint density at radius 3 is 1.70 bits per heavy atom. The predicted molar refractivity (Wildman–Crippen MR) is 95.6 cm³/mol. The van der Waals surface area contributed by atoms with Crippen LogP contribution in [0.5, 0.6) is 0 Å². The molecule has 2 aromatic carbocycles. The Hall–Kier alpha value is -2.08. The fourth-order valence-corrected chi connectivity index (χ4v) is 2.99. The van der Waals surface area contributed by atoms with Crippen molar-refractivity contribution in [1.29, 1.82) is 0 Å². The van der Waals surface area contributed by atoms with Gasteiger partial charge in [0.25, 0.3) is 0 Å². The number of rotatable bonds is 7. The molecule has 120 valence electrons. The van der Waals surface area contributed by atoms with Gasteiger partial charge in [-0.2, -0.15) is 0 Å². The third kappa shape index (κ3) is 4.96. The number of nitrogens with zero attached hydrogens (tertiary/aromatic N) is 1. The van der Waals surface area contributed by atoms with Crippen LogP contribution in [0.1, 0.15) is 25.0 Å². The lowest BCUT2D eigenvalue weighted by Crippen LogP contribution is -2.45. The van der Waals surface area contributed by atoms with E-state index < -0.39 is 6.10 Å². The molecule has 0 aromatic heterocycles. The highest BCUT2D eigenvalue weighted by Gasteiger charge is 2.28. The van der Waals surface area contributed by atoms with E-state index >= 15 is 0 Å². The molecule has 0 saturated carbocycles. The van der Waals surface area contributed by atoms with Crippen LogP contribution < -0.4 is 0 Å². The maximum Gasteiger partial charge on any atom is 0.130 e. The molecule has 0 spiro atoms. The van der Waals surface area contributed by atoms with E-state index in [1.54, 1.807) is 0 Å². The first-order chi connectivity index (χ1) is 11.1. The van der Waals surface area contributed by atoms with Crippen LogP contribution in [0.2, 0.25) is 0 Å². The lowest BCUT2D eigenvalue weighted by Gasteiger charge is -2.36. The number of benzene rings is 2. The molecular formula is C21H25NO. The first-order valence-corrected chi connectivity index (χ1v) is 8.08. The second kappa shape index (κ2) is 8.53. The summed E-state index contributed by atoms with van der Waals surface area (Å²) in [7, 11) is 0. The van der Waals surface area contributed by atoms with Crippen LogP contribution in [-0.2, 0) is 13.1 Å². The van der Waals surface area contributed by atoms with Crippen LogP contribution in [0.4, 0.5) is 0 Å². The van der Waals surface area contributed by atoms with Crippen LogP contribution in [0.25, 0.3) is 0 Å². The molecule has 0 radical (unpaired) electrons. The van der Waals surface area contributed by atoms with Crippen molar-refractivity contribution in [2.75, 3.05) is 0 Å². The van der Waals surface area contributed by atoms with Crippen LogP contribution in [-0.4, -0.2) is 22.2 Å². The van der Waals surface area contributed by atoms with E-state index in [2.05, 4.69) is 48.9 Å². The molecule has 0 fully saturated rings. The van der Waals surface area contributed by atoms with Crippen molar-refractivity contribution >= 4 is 0 Å². The van der Waals surface area contributed by atoms with E-state index in [1.165, 1.54) is 11.1 Å². The highest BCUT2D eigenvalue weighted by molar-refractivity contribution is 5.18. The average molecular weight is 307 g/mol. The number of aliphatic hydroxyl groups excluding tert-OH is 1. The van der Waals surface area contributed by atoms with Gasteiger partial charge in [0.05, 0.1) is 0 Å². The summed E-state index contributed by atoms with van der Waals surface area (Å²) in [4.78, 5) is 2.28. The minimum Gasteiger partial charge on any atom is -0.379 e. The number of hydrogen-bond acceptors (Lipinski definition) is 2. The van der Waals surface area contributed by atoms with E-state index in [1.807, 2.05) is 36.4 Å². The molecule has 2 rings (SSSR count). The van der Waals surface area contributed by atoms with Crippen molar-refractivity contribution in [3.63, 3.8) is 0 Å². The van der Waals surface area contributed by atoms with Gasteiger partial charge >= 0.3 is 0 Å². The smallest absolute Gasteiger partial charge is 0.130 e. The zero-order valence-corrected chi connectivity index (χ0v) is 13.9. The van der Waals surface area contributed by atoms with Gasteiger partial charge in [0.1, 0.15) is 6.10 Å². The van der Waals surface area contributed by atoms with Gasteiger partial charge in [0.15, 0.2) is 0 Å². The fourth-order valence-electron chi connectivity index (χ4n) is 2.99. The minimum absolute atomic E-state index is 0.0830. The number of terminal acetylenes is 1. The third-order valence-corrected chi connectivity index (χ3v) is 4.06. The molecule has 0 bridgehead atoms. The van der Waals surface area contributed by atoms with Crippen molar-refractivity contribution in [2.45, 2.75) is 39.1 Å². The summed E-state index contributed by atoms with van der Waals surface area (Å²) in [6, 6.07) is 20.5. The molecule has 0 aliphatic rings. The van der Waals surface area contributed by atoms with Gasteiger partial charge < -0.3 is 5.11 Å². The van der Waals surface area contributed by atoms with Crippen molar-refractivity contribution in [3.05, 3.63) is 71.8 Å². The average Bonchev–Trinajstić information content (AvgIpc) is 2.56. The van der Waals surface area contributed by atoms with Crippen LogP contribution in [0.15, 0.2) is 60.7 Å². The van der Waals surface area contributed by atoms with Crippen molar-refractivity contribution in [2.24, 2.45) is 5.92 Å². The highest BCUT2D eigenvalue weighted by atomic mass is 16.3. The Morgan fingerprint density at radius 1 is 0.913 bits per heavy atom. The summed E-state index contributed by atoms with van der Waals surface area (Å²) in [5, 5.41) is 10.3. The molecule has 0 unspecified atom stereocenters. The Labute approximate surface area is 139 Å². The number of aliphatic hydroxyl groups is 1. The molecule has 0 aliphatic heterocycles. The predicted octanol–water partition coefficient (Wildman–Crippen LogP) is 3.71. The molecule has 0 heterocycles. The van der Waals surface area contributed by atoms with Gasteiger partial charge in [-0.25, -0.2) is 0 Å². The zero-order valence-electron chi connectivity index (χ0n) is 13.9. The Morgan fingerprint density at radius 2 is 1.35 bits per heavy atom. The maximum atomic E-state index is 10.3. The van der Waals surface area contributed by atoms with E-state index in [0.29, 0.717) is 0 Å². The Balaban J connectivity index is 2.27. The maximum absolute atomic E-state index is 10.3. The summed E-state index contributed by atoms with van der Waals surface area (Å²) >= 11 is 0. The van der Waals surface area contributed by atoms with E-state index in [9.17, 15) is 5.11 Å². The Kier molecular flexibility index (Phi) is 6.40. The molecule has 2 atom stereocenters. The second-order valence-corrected chi connectivity index (χ2v) is 6.22. The van der Waals surface area contributed by atoms with Gasteiger partial charge in [-0.15, -0.1) is 6.42 Å². The zero-order chi connectivity index (χ0) is 16.7. The van der Waals surface area contributed by atoms with Gasteiger partial charge in [0, 0.05) is 19.1 Å².